The molecule has 1 aromatic carbocycles. The van der Waals surface area contributed by atoms with Gasteiger partial charge in [0.1, 0.15) is 4.90 Å². The first-order chi connectivity index (χ1) is 12.6. The maximum atomic E-state index is 12.3. The van der Waals surface area contributed by atoms with E-state index in [1.165, 1.54) is 6.07 Å². The van der Waals surface area contributed by atoms with E-state index in [4.69, 9.17) is 11.6 Å². The van der Waals surface area contributed by atoms with Crippen molar-refractivity contribution < 1.29 is 8.42 Å². The third-order valence-electron chi connectivity index (χ3n) is 4.28. The highest BCUT2D eigenvalue weighted by Gasteiger charge is 2.19. The molecule has 0 amide bonds. The topological polar surface area (TPSA) is 78.4 Å². The van der Waals surface area contributed by atoms with Gasteiger partial charge in [-0.1, -0.05) is 23.7 Å². The fraction of sp³-hybridized carbons (Fsp3) is 0.412. The molecule has 0 aliphatic carbocycles. The molecule has 140 valence electrons. The van der Waals surface area contributed by atoms with E-state index in [-0.39, 0.29) is 9.92 Å². The Morgan fingerprint density at radius 3 is 2.42 bits per heavy atom. The van der Waals surface area contributed by atoms with Gasteiger partial charge in [-0.05, 0) is 31.2 Å². The van der Waals surface area contributed by atoms with Crippen LogP contribution < -0.4 is 9.62 Å². The van der Waals surface area contributed by atoms with Gasteiger partial charge in [-0.25, -0.2) is 23.1 Å². The van der Waals surface area contributed by atoms with Crippen molar-refractivity contribution in [3.63, 3.8) is 0 Å². The molecule has 1 fully saturated rings. The van der Waals surface area contributed by atoms with Crippen molar-refractivity contribution in [3.05, 3.63) is 47.7 Å². The summed E-state index contributed by atoms with van der Waals surface area (Å²) in [6.07, 6.45) is 4.24. The molecule has 2 aromatic rings. The van der Waals surface area contributed by atoms with Gasteiger partial charge in [-0.2, -0.15) is 0 Å². The molecule has 0 saturated carbocycles. The lowest BCUT2D eigenvalue weighted by Gasteiger charge is -2.34. The summed E-state index contributed by atoms with van der Waals surface area (Å²) in [7, 11) is -3.56. The maximum Gasteiger partial charge on any atom is 0.242 e. The summed E-state index contributed by atoms with van der Waals surface area (Å²) < 4.78 is 27.2. The van der Waals surface area contributed by atoms with Crippen molar-refractivity contribution in [1.82, 2.24) is 19.6 Å². The minimum atomic E-state index is -3.56. The van der Waals surface area contributed by atoms with Gasteiger partial charge in [-0.15, -0.1) is 0 Å². The van der Waals surface area contributed by atoms with Crippen molar-refractivity contribution in [2.45, 2.75) is 11.3 Å². The Bertz CT molecular complexity index is 811. The minimum Gasteiger partial charge on any atom is -0.338 e. The van der Waals surface area contributed by atoms with Crippen LogP contribution in [0.1, 0.15) is 6.42 Å². The molecule has 7 nitrogen and oxygen atoms in total. The number of sulfonamides is 1. The van der Waals surface area contributed by atoms with E-state index in [9.17, 15) is 8.42 Å². The van der Waals surface area contributed by atoms with E-state index >= 15 is 0 Å². The highest BCUT2D eigenvalue weighted by Crippen LogP contribution is 2.20. The van der Waals surface area contributed by atoms with E-state index in [1.54, 1.807) is 30.6 Å². The quantitative estimate of drug-likeness (QED) is 0.718. The van der Waals surface area contributed by atoms with E-state index in [2.05, 4.69) is 24.5 Å². The van der Waals surface area contributed by atoms with Crippen molar-refractivity contribution >= 4 is 27.6 Å². The lowest BCUT2D eigenvalue weighted by atomic mass is 10.3. The second-order valence-electron chi connectivity index (χ2n) is 6.06. The van der Waals surface area contributed by atoms with Crippen LogP contribution in [0.2, 0.25) is 5.02 Å². The normalized spacial score (nSPS) is 16.0. The molecular formula is C17H22ClN5O2S. The zero-order valence-corrected chi connectivity index (χ0v) is 16.0. The van der Waals surface area contributed by atoms with Crippen molar-refractivity contribution in [1.29, 1.82) is 0 Å². The van der Waals surface area contributed by atoms with Crippen LogP contribution in [0.5, 0.6) is 0 Å². The van der Waals surface area contributed by atoms with E-state index in [0.29, 0.717) is 6.54 Å². The van der Waals surface area contributed by atoms with Crippen molar-refractivity contribution in [2.75, 3.05) is 44.2 Å². The van der Waals surface area contributed by atoms with Crippen LogP contribution in [0, 0.1) is 0 Å². The number of halogens is 1. The predicted octanol–water partition coefficient (Wildman–Crippen LogP) is 1.62. The van der Waals surface area contributed by atoms with E-state index < -0.39 is 10.0 Å². The molecule has 1 saturated heterocycles. The van der Waals surface area contributed by atoms with Crippen LogP contribution in [0.25, 0.3) is 0 Å². The maximum absolute atomic E-state index is 12.3. The standard InChI is InChI=1S/C17H22ClN5O2S/c18-15-5-1-2-6-16(15)26(24,25)21-9-4-10-22-11-13-23(14-12-22)17-19-7-3-8-20-17/h1-3,5-8,21H,4,9-14H2. The third kappa shape index (κ3) is 4.91. The number of nitrogens with one attached hydrogen (secondary N) is 1. The smallest absolute Gasteiger partial charge is 0.242 e. The molecule has 3 rings (SSSR count). The van der Waals surface area contributed by atoms with Gasteiger partial charge in [-0.3, -0.25) is 4.90 Å². The number of benzene rings is 1. The minimum absolute atomic E-state index is 0.123. The Balaban J connectivity index is 1.40. The first kappa shape index (κ1) is 19.0. The number of nitrogens with zero attached hydrogens (tertiary/aromatic N) is 4. The van der Waals surface area contributed by atoms with E-state index in [0.717, 1.165) is 45.1 Å². The summed E-state index contributed by atoms with van der Waals surface area (Å²) in [4.78, 5) is 13.2. The summed E-state index contributed by atoms with van der Waals surface area (Å²) in [6.45, 7) is 4.79. The van der Waals surface area contributed by atoms with Gasteiger partial charge in [0.15, 0.2) is 0 Å². The summed E-state index contributed by atoms with van der Waals surface area (Å²) in [5, 5.41) is 0.235. The predicted molar refractivity (Wildman–Crippen MR) is 102 cm³/mol. The van der Waals surface area contributed by atoms with Crippen molar-refractivity contribution in [2.24, 2.45) is 0 Å². The molecule has 0 radical (unpaired) electrons. The average Bonchev–Trinajstić information content (AvgIpc) is 2.67. The number of anilines is 1. The molecule has 1 N–H and O–H groups in total. The third-order valence-corrected chi connectivity index (χ3v) is 6.24. The Morgan fingerprint density at radius 1 is 1.04 bits per heavy atom. The SMILES string of the molecule is O=S(=O)(NCCCN1CCN(c2ncccn2)CC1)c1ccccc1Cl. The first-order valence-corrected chi connectivity index (χ1v) is 10.4. The Kier molecular flexibility index (Phi) is 6.42. The molecule has 0 unspecified atom stereocenters. The average molecular weight is 396 g/mol. The van der Waals surface area contributed by atoms with Crippen LogP contribution in [0.4, 0.5) is 5.95 Å². The highest BCUT2D eigenvalue weighted by atomic mass is 35.5. The van der Waals surface area contributed by atoms with Gasteiger partial charge in [0.05, 0.1) is 5.02 Å². The molecule has 1 aliphatic heterocycles. The Morgan fingerprint density at radius 2 is 1.73 bits per heavy atom. The van der Waals surface area contributed by atoms with Crippen LogP contribution >= 0.6 is 11.6 Å². The first-order valence-electron chi connectivity index (χ1n) is 8.55. The largest absolute Gasteiger partial charge is 0.338 e. The van der Waals surface area contributed by atoms with Gasteiger partial charge in [0, 0.05) is 45.1 Å². The molecule has 0 bridgehead atoms. The molecular weight excluding hydrogens is 374 g/mol. The van der Waals surface area contributed by atoms with Crippen LogP contribution in [-0.4, -0.2) is 62.6 Å². The lowest BCUT2D eigenvalue weighted by Crippen LogP contribution is -2.47. The number of aromatic nitrogens is 2. The molecule has 0 spiro atoms. The van der Waals surface area contributed by atoms with Gasteiger partial charge >= 0.3 is 0 Å². The van der Waals surface area contributed by atoms with Crippen LogP contribution in [0.15, 0.2) is 47.6 Å². The van der Waals surface area contributed by atoms with Crippen LogP contribution in [-0.2, 0) is 10.0 Å². The molecule has 2 heterocycles. The Labute approximate surface area is 159 Å². The zero-order valence-electron chi connectivity index (χ0n) is 14.4. The summed E-state index contributed by atoms with van der Waals surface area (Å²) in [5.41, 5.74) is 0. The summed E-state index contributed by atoms with van der Waals surface area (Å²) in [5.74, 6) is 0.764. The molecule has 0 atom stereocenters. The fourth-order valence-electron chi connectivity index (χ4n) is 2.88. The second-order valence-corrected chi connectivity index (χ2v) is 8.20. The number of rotatable bonds is 7. The van der Waals surface area contributed by atoms with Gasteiger partial charge < -0.3 is 4.90 Å². The second kappa shape index (κ2) is 8.77. The van der Waals surface area contributed by atoms with Crippen LogP contribution in [0.3, 0.4) is 0 Å². The monoisotopic (exact) mass is 395 g/mol. The molecule has 26 heavy (non-hydrogen) atoms. The summed E-state index contributed by atoms with van der Waals surface area (Å²) >= 11 is 5.97. The number of hydrogen-bond donors (Lipinski definition) is 1. The van der Waals surface area contributed by atoms with E-state index in [1.807, 2.05) is 6.07 Å². The van der Waals surface area contributed by atoms with Crippen molar-refractivity contribution in [3.8, 4) is 0 Å². The summed E-state index contributed by atoms with van der Waals surface area (Å²) in [6, 6.07) is 8.27. The zero-order chi connectivity index (χ0) is 18.4. The highest BCUT2D eigenvalue weighted by molar-refractivity contribution is 7.89. The molecule has 1 aromatic heterocycles. The fourth-order valence-corrected chi connectivity index (χ4v) is 4.47. The van der Waals surface area contributed by atoms with Gasteiger partial charge in [0.25, 0.3) is 0 Å². The molecule has 1 aliphatic rings. The number of piperazine rings is 1. The Hall–Kier alpha value is -1.74. The lowest BCUT2D eigenvalue weighted by molar-refractivity contribution is 0.254. The van der Waals surface area contributed by atoms with Gasteiger partial charge in [0.2, 0.25) is 16.0 Å². The number of hydrogen-bond acceptors (Lipinski definition) is 6. The molecule has 9 heteroatoms.